The minimum absolute atomic E-state index is 0.0880. The van der Waals surface area contributed by atoms with E-state index in [1.165, 1.54) is 35.4 Å². The van der Waals surface area contributed by atoms with Gasteiger partial charge in [0.1, 0.15) is 5.82 Å². The second-order valence-corrected chi connectivity index (χ2v) is 7.40. The Kier molecular flexibility index (Phi) is 5.47. The van der Waals surface area contributed by atoms with Crippen LogP contribution in [0.2, 0.25) is 0 Å². The van der Waals surface area contributed by atoms with Crippen LogP contribution < -0.4 is 5.32 Å². The zero-order valence-corrected chi connectivity index (χ0v) is 16.3. The van der Waals surface area contributed by atoms with Crippen LogP contribution in [0.15, 0.2) is 53.7 Å². The largest absolute Gasteiger partial charge is 0.436 e. The topological polar surface area (TPSA) is 63.2 Å². The first-order valence-electron chi connectivity index (χ1n) is 9.75. The highest BCUT2D eigenvalue weighted by molar-refractivity contribution is 6.00. The molecule has 0 bridgehead atoms. The van der Waals surface area contributed by atoms with Crippen LogP contribution in [0, 0.1) is 5.82 Å². The van der Waals surface area contributed by atoms with Gasteiger partial charge in [-0.05, 0) is 43.2 Å². The lowest BCUT2D eigenvalue weighted by atomic mass is 9.91. The third-order valence-electron chi connectivity index (χ3n) is 5.22. The normalized spacial score (nSPS) is 17.8. The Balaban J connectivity index is 1.58. The van der Waals surface area contributed by atoms with Gasteiger partial charge in [0.2, 0.25) is 11.6 Å². The Bertz CT molecular complexity index is 986. The van der Waals surface area contributed by atoms with E-state index in [0.29, 0.717) is 18.4 Å². The number of amides is 1. The van der Waals surface area contributed by atoms with Gasteiger partial charge in [-0.15, -0.1) is 5.06 Å². The molecule has 10 heteroatoms. The average Bonchev–Trinajstić information content (AvgIpc) is 3.05. The number of nitrogens with one attached hydrogen (secondary N) is 1. The average molecular weight is 437 g/mol. The predicted octanol–water partition coefficient (Wildman–Crippen LogP) is 5.66. The highest BCUT2D eigenvalue weighted by Gasteiger charge is 2.50. The fourth-order valence-corrected chi connectivity index (χ4v) is 3.69. The van der Waals surface area contributed by atoms with Crippen LogP contribution in [0.1, 0.15) is 43.2 Å². The summed E-state index contributed by atoms with van der Waals surface area (Å²) < 4.78 is 52.1. The van der Waals surface area contributed by atoms with Gasteiger partial charge in [0.25, 0.3) is 0 Å². The Morgan fingerprint density at radius 3 is 2.45 bits per heavy atom. The molecular formula is C21H19F4N3O3. The van der Waals surface area contributed by atoms with Gasteiger partial charge in [-0.1, -0.05) is 29.8 Å². The number of rotatable bonds is 3. The Morgan fingerprint density at radius 1 is 1.10 bits per heavy atom. The van der Waals surface area contributed by atoms with Crippen molar-refractivity contribution in [3.05, 3.63) is 65.5 Å². The number of benzene rings is 2. The summed E-state index contributed by atoms with van der Waals surface area (Å²) in [7, 11) is 0. The summed E-state index contributed by atoms with van der Waals surface area (Å²) in [5.74, 6) is -0.442. The molecule has 1 aliphatic carbocycles. The fourth-order valence-electron chi connectivity index (χ4n) is 3.69. The minimum atomic E-state index is -4.47. The lowest BCUT2D eigenvalue weighted by Crippen LogP contribution is -2.51. The number of hydrogen-bond acceptors (Lipinski definition) is 5. The molecule has 0 radical (unpaired) electrons. The lowest BCUT2D eigenvalue weighted by molar-refractivity contribution is -0.224. The van der Waals surface area contributed by atoms with Crippen LogP contribution in [-0.4, -0.2) is 22.7 Å². The van der Waals surface area contributed by atoms with Gasteiger partial charge in [0, 0.05) is 24.1 Å². The second-order valence-electron chi connectivity index (χ2n) is 7.40. The quantitative estimate of drug-likeness (QED) is 0.630. The zero-order chi connectivity index (χ0) is 22.1. The van der Waals surface area contributed by atoms with E-state index < -0.39 is 29.4 Å². The maximum absolute atomic E-state index is 13.4. The van der Waals surface area contributed by atoms with Gasteiger partial charge >= 0.3 is 12.3 Å². The number of alkyl halides is 3. The van der Waals surface area contributed by atoms with Crippen molar-refractivity contribution in [1.29, 1.82) is 0 Å². The molecule has 164 valence electrons. The van der Waals surface area contributed by atoms with Crippen LogP contribution in [0.25, 0.3) is 0 Å². The van der Waals surface area contributed by atoms with Gasteiger partial charge < -0.3 is 9.68 Å². The SMILES string of the molecule is O=C(Nc1cccc(F)c1)ON1C(c2ccc(C(F)(F)F)cc2)=NOC12CCCCC2. The summed E-state index contributed by atoms with van der Waals surface area (Å²) in [4.78, 5) is 23.7. The van der Waals surface area contributed by atoms with Crippen LogP contribution in [0.3, 0.4) is 0 Å². The van der Waals surface area contributed by atoms with Crippen molar-refractivity contribution in [2.24, 2.45) is 5.16 Å². The molecule has 31 heavy (non-hydrogen) atoms. The summed E-state index contributed by atoms with van der Waals surface area (Å²) in [6.45, 7) is 0. The molecule has 1 heterocycles. The van der Waals surface area contributed by atoms with Crippen molar-refractivity contribution in [3.63, 3.8) is 0 Å². The minimum Gasteiger partial charge on any atom is -0.362 e. The van der Waals surface area contributed by atoms with Gasteiger partial charge in [-0.25, -0.2) is 9.18 Å². The first-order valence-corrected chi connectivity index (χ1v) is 9.75. The highest BCUT2D eigenvalue weighted by Crippen LogP contribution is 2.40. The molecule has 0 atom stereocenters. The predicted molar refractivity (Wildman–Crippen MR) is 103 cm³/mol. The number of carbonyl (C=O) groups excluding carboxylic acids is 1. The monoisotopic (exact) mass is 437 g/mol. The van der Waals surface area contributed by atoms with E-state index in [1.54, 1.807) is 0 Å². The van der Waals surface area contributed by atoms with Crippen LogP contribution >= 0.6 is 0 Å². The molecule has 1 amide bonds. The Morgan fingerprint density at radius 2 is 1.81 bits per heavy atom. The zero-order valence-electron chi connectivity index (χ0n) is 16.3. The summed E-state index contributed by atoms with van der Waals surface area (Å²) >= 11 is 0. The Labute approximate surface area is 175 Å². The Hall–Kier alpha value is -3.30. The van der Waals surface area contributed by atoms with Crippen LogP contribution in [-0.2, 0) is 15.9 Å². The number of amidine groups is 1. The van der Waals surface area contributed by atoms with Gasteiger partial charge in [-0.2, -0.15) is 13.2 Å². The van der Waals surface area contributed by atoms with E-state index in [9.17, 15) is 22.4 Å². The number of nitrogens with zero attached hydrogens (tertiary/aromatic N) is 2. The first kappa shape index (κ1) is 21.0. The summed E-state index contributed by atoms with van der Waals surface area (Å²) in [6, 6.07) is 9.62. The molecule has 1 spiro atoms. The molecule has 1 fully saturated rings. The van der Waals surface area contributed by atoms with E-state index in [2.05, 4.69) is 10.5 Å². The van der Waals surface area contributed by atoms with Crippen molar-refractivity contribution in [2.45, 2.75) is 44.0 Å². The molecule has 0 unspecified atom stereocenters. The second kappa shape index (κ2) is 8.09. The number of oxime groups is 1. The number of hydrogen-bond donors (Lipinski definition) is 1. The van der Waals surface area contributed by atoms with Crippen molar-refractivity contribution in [2.75, 3.05) is 5.32 Å². The van der Waals surface area contributed by atoms with Crippen LogP contribution in [0.4, 0.5) is 28.0 Å². The van der Waals surface area contributed by atoms with Crippen molar-refractivity contribution in [3.8, 4) is 0 Å². The molecule has 0 aromatic heterocycles. The highest BCUT2D eigenvalue weighted by atomic mass is 19.4. The van der Waals surface area contributed by atoms with E-state index >= 15 is 0 Å². The van der Waals surface area contributed by atoms with Crippen molar-refractivity contribution < 1.29 is 32.0 Å². The summed E-state index contributed by atoms with van der Waals surface area (Å²) in [5, 5.41) is 7.67. The molecule has 1 saturated carbocycles. The standard InChI is InChI=1S/C21H19F4N3O3/c22-16-5-4-6-17(13-16)26-19(29)30-28-18(27-31-20(28)11-2-1-3-12-20)14-7-9-15(10-8-14)21(23,24)25/h4-10,13H,1-3,11-12H2,(H,26,29). The molecule has 1 N–H and O–H groups in total. The molecule has 1 aliphatic heterocycles. The van der Waals surface area contributed by atoms with Crippen molar-refractivity contribution in [1.82, 2.24) is 5.06 Å². The maximum atomic E-state index is 13.4. The number of hydroxylamine groups is 2. The van der Waals surface area contributed by atoms with Gasteiger partial charge in [0.05, 0.1) is 5.56 Å². The summed E-state index contributed by atoms with van der Waals surface area (Å²) in [5.41, 5.74) is -1.35. The lowest BCUT2D eigenvalue weighted by Gasteiger charge is -2.37. The number of carbonyl (C=O) groups is 1. The van der Waals surface area contributed by atoms with E-state index in [-0.39, 0.29) is 11.5 Å². The molecule has 2 aromatic rings. The molecule has 2 aromatic carbocycles. The third-order valence-corrected chi connectivity index (χ3v) is 5.22. The van der Waals surface area contributed by atoms with Crippen LogP contribution in [0.5, 0.6) is 0 Å². The van der Waals surface area contributed by atoms with E-state index in [4.69, 9.17) is 9.68 Å². The third kappa shape index (κ3) is 4.42. The van der Waals surface area contributed by atoms with E-state index in [0.717, 1.165) is 37.5 Å². The fraction of sp³-hybridized carbons (Fsp3) is 0.333. The number of anilines is 1. The van der Waals surface area contributed by atoms with Gasteiger partial charge in [-0.3, -0.25) is 5.32 Å². The summed E-state index contributed by atoms with van der Waals surface area (Å²) in [6.07, 6.45) is -1.74. The number of halogens is 4. The van der Waals surface area contributed by atoms with E-state index in [1.807, 2.05) is 0 Å². The molecule has 2 aliphatic rings. The molecule has 6 nitrogen and oxygen atoms in total. The maximum Gasteiger partial charge on any atom is 0.436 e. The molecule has 4 rings (SSSR count). The molecule has 0 saturated heterocycles. The van der Waals surface area contributed by atoms with Gasteiger partial charge in [0.15, 0.2) is 0 Å². The molecular weight excluding hydrogens is 418 g/mol. The van der Waals surface area contributed by atoms with Crippen molar-refractivity contribution >= 4 is 17.6 Å². The smallest absolute Gasteiger partial charge is 0.362 e. The first-order chi connectivity index (χ1) is 14.8.